The number of halogens is 1. The Morgan fingerprint density at radius 3 is 2.52 bits per heavy atom. The molecule has 1 aromatic carbocycles. The number of ether oxygens (including phenoxy) is 1. The van der Waals surface area contributed by atoms with Gasteiger partial charge in [-0.1, -0.05) is 12.1 Å². The molecule has 0 radical (unpaired) electrons. The van der Waals surface area contributed by atoms with Crippen molar-refractivity contribution in [1.82, 2.24) is 9.97 Å². The first-order chi connectivity index (χ1) is 10.2. The molecule has 1 saturated carbocycles. The van der Waals surface area contributed by atoms with Crippen molar-refractivity contribution in [2.75, 3.05) is 19.5 Å². The molecule has 0 atom stereocenters. The second kappa shape index (κ2) is 6.17. The van der Waals surface area contributed by atoms with Crippen LogP contribution < -0.4 is 10.1 Å². The Labute approximate surface area is 138 Å². The summed E-state index contributed by atoms with van der Waals surface area (Å²) in [5.41, 5.74) is 2.40. The number of hydrogen-bond acceptors (Lipinski definition) is 4. The SMILES string of the molecule is CNc1nc(Cc2ccc(OC)cc2)nc(C2CC2)c1I. The van der Waals surface area contributed by atoms with E-state index in [9.17, 15) is 0 Å². The van der Waals surface area contributed by atoms with Crippen LogP contribution in [0.25, 0.3) is 0 Å². The van der Waals surface area contributed by atoms with Crippen LogP contribution in [-0.2, 0) is 6.42 Å². The molecule has 4 nitrogen and oxygen atoms in total. The quantitative estimate of drug-likeness (QED) is 0.787. The molecule has 5 heteroatoms. The van der Waals surface area contributed by atoms with Gasteiger partial charge in [0.2, 0.25) is 0 Å². The van der Waals surface area contributed by atoms with Gasteiger partial charge in [-0.25, -0.2) is 9.97 Å². The van der Waals surface area contributed by atoms with Gasteiger partial charge in [-0.05, 0) is 53.1 Å². The minimum Gasteiger partial charge on any atom is -0.497 e. The Kier molecular flexibility index (Phi) is 4.28. The van der Waals surface area contributed by atoms with Gasteiger partial charge in [-0.2, -0.15) is 0 Å². The summed E-state index contributed by atoms with van der Waals surface area (Å²) in [6, 6.07) is 8.08. The van der Waals surface area contributed by atoms with Crippen LogP contribution in [-0.4, -0.2) is 24.1 Å². The molecule has 1 heterocycles. The second-order valence-electron chi connectivity index (χ2n) is 5.24. The molecule has 2 aromatic rings. The van der Waals surface area contributed by atoms with Gasteiger partial charge >= 0.3 is 0 Å². The number of anilines is 1. The van der Waals surface area contributed by atoms with Gasteiger partial charge < -0.3 is 10.1 Å². The van der Waals surface area contributed by atoms with E-state index in [0.717, 1.165) is 27.4 Å². The van der Waals surface area contributed by atoms with Crippen molar-refractivity contribution in [3.63, 3.8) is 0 Å². The summed E-state index contributed by atoms with van der Waals surface area (Å²) in [6.45, 7) is 0. The maximum absolute atomic E-state index is 5.19. The molecule has 0 amide bonds. The van der Waals surface area contributed by atoms with E-state index in [1.54, 1.807) is 7.11 Å². The van der Waals surface area contributed by atoms with Gasteiger partial charge in [-0.15, -0.1) is 0 Å². The molecule has 1 aliphatic rings. The molecule has 0 unspecified atom stereocenters. The smallest absolute Gasteiger partial charge is 0.143 e. The van der Waals surface area contributed by atoms with Crippen molar-refractivity contribution in [2.24, 2.45) is 0 Å². The highest BCUT2D eigenvalue weighted by Crippen LogP contribution is 2.42. The minimum absolute atomic E-state index is 0.626. The fourth-order valence-electron chi connectivity index (χ4n) is 2.31. The maximum Gasteiger partial charge on any atom is 0.143 e. The molecule has 3 rings (SSSR count). The van der Waals surface area contributed by atoms with Crippen LogP contribution in [0, 0.1) is 3.57 Å². The summed E-state index contributed by atoms with van der Waals surface area (Å²) in [4.78, 5) is 9.43. The second-order valence-corrected chi connectivity index (χ2v) is 6.32. The Morgan fingerprint density at radius 1 is 1.24 bits per heavy atom. The molecule has 0 spiro atoms. The maximum atomic E-state index is 5.19. The Balaban J connectivity index is 1.88. The van der Waals surface area contributed by atoms with Crippen LogP contribution in [0.15, 0.2) is 24.3 Å². The standard InChI is InChI=1S/C16H18IN3O/c1-18-16-14(17)15(11-5-6-11)19-13(20-16)9-10-3-7-12(21-2)8-4-10/h3-4,7-8,11H,5-6,9H2,1-2H3,(H,18,19,20). The molecular weight excluding hydrogens is 377 g/mol. The van der Waals surface area contributed by atoms with E-state index in [0.29, 0.717) is 5.92 Å². The van der Waals surface area contributed by atoms with E-state index in [1.807, 2.05) is 19.2 Å². The van der Waals surface area contributed by atoms with Crippen LogP contribution in [0.1, 0.15) is 35.8 Å². The first-order valence-corrected chi connectivity index (χ1v) is 8.16. The number of benzene rings is 1. The predicted molar refractivity (Wildman–Crippen MR) is 92.1 cm³/mol. The predicted octanol–water partition coefficient (Wildman–Crippen LogP) is 3.60. The zero-order valence-corrected chi connectivity index (χ0v) is 14.3. The highest BCUT2D eigenvalue weighted by Gasteiger charge is 2.29. The number of methoxy groups -OCH3 is 1. The number of nitrogens with zero attached hydrogens (tertiary/aromatic N) is 2. The van der Waals surface area contributed by atoms with Crippen LogP contribution >= 0.6 is 22.6 Å². The minimum atomic E-state index is 0.626. The van der Waals surface area contributed by atoms with Crippen LogP contribution in [0.5, 0.6) is 5.75 Å². The van der Waals surface area contributed by atoms with Gasteiger partial charge in [0.25, 0.3) is 0 Å². The Morgan fingerprint density at radius 2 is 1.95 bits per heavy atom. The van der Waals surface area contributed by atoms with E-state index in [4.69, 9.17) is 9.72 Å². The molecule has 110 valence electrons. The summed E-state index contributed by atoms with van der Waals surface area (Å²) in [6.07, 6.45) is 3.24. The summed E-state index contributed by atoms with van der Waals surface area (Å²) in [5.74, 6) is 3.32. The highest BCUT2D eigenvalue weighted by molar-refractivity contribution is 14.1. The summed E-state index contributed by atoms with van der Waals surface area (Å²) >= 11 is 2.35. The fraction of sp³-hybridized carbons (Fsp3) is 0.375. The van der Waals surface area contributed by atoms with Gasteiger partial charge in [0.1, 0.15) is 17.4 Å². The number of nitrogens with one attached hydrogen (secondary N) is 1. The molecule has 21 heavy (non-hydrogen) atoms. The zero-order valence-electron chi connectivity index (χ0n) is 12.2. The van der Waals surface area contributed by atoms with Crippen LogP contribution in [0.2, 0.25) is 0 Å². The Hall–Kier alpha value is -1.37. The zero-order chi connectivity index (χ0) is 14.8. The van der Waals surface area contributed by atoms with E-state index in [-0.39, 0.29) is 0 Å². The topological polar surface area (TPSA) is 47.0 Å². The molecular formula is C16H18IN3O. The van der Waals surface area contributed by atoms with Gasteiger partial charge in [0, 0.05) is 19.4 Å². The molecule has 1 fully saturated rings. The molecule has 0 bridgehead atoms. The van der Waals surface area contributed by atoms with Gasteiger partial charge in [0.15, 0.2) is 0 Å². The average molecular weight is 395 g/mol. The molecule has 1 N–H and O–H groups in total. The fourth-order valence-corrected chi connectivity index (χ4v) is 3.26. The average Bonchev–Trinajstić information content (AvgIpc) is 3.34. The lowest BCUT2D eigenvalue weighted by Crippen LogP contribution is -2.07. The third kappa shape index (κ3) is 3.28. The summed E-state index contributed by atoms with van der Waals surface area (Å²) < 4.78 is 6.35. The third-order valence-electron chi connectivity index (χ3n) is 3.65. The molecule has 1 aliphatic carbocycles. The van der Waals surface area contributed by atoms with E-state index < -0.39 is 0 Å². The van der Waals surface area contributed by atoms with Crippen LogP contribution in [0.4, 0.5) is 5.82 Å². The van der Waals surface area contributed by atoms with Crippen molar-refractivity contribution in [3.8, 4) is 5.75 Å². The lowest BCUT2D eigenvalue weighted by molar-refractivity contribution is 0.414. The number of aromatic nitrogens is 2. The molecule has 0 aliphatic heterocycles. The lowest BCUT2D eigenvalue weighted by Gasteiger charge is -2.11. The normalized spacial score (nSPS) is 14.0. The largest absolute Gasteiger partial charge is 0.497 e. The van der Waals surface area contributed by atoms with E-state index >= 15 is 0 Å². The van der Waals surface area contributed by atoms with E-state index in [1.165, 1.54) is 24.1 Å². The van der Waals surface area contributed by atoms with Crippen molar-refractivity contribution >= 4 is 28.4 Å². The lowest BCUT2D eigenvalue weighted by atomic mass is 10.1. The first kappa shape index (κ1) is 14.6. The van der Waals surface area contributed by atoms with E-state index in [2.05, 4.69) is 45.0 Å². The number of hydrogen-bond donors (Lipinski definition) is 1. The monoisotopic (exact) mass is 395 g/mol. The third-order valence-corrected chi connectivity index (χ3v) is 4.71. The van der Waals surface area contributed by atoms with Crippen LogP contribution in [0.3, 0.4) is 0 Å². The molecule has 1 aromatic heterocycles. The number of rotatable bonds is 5. The van der Waals surface area contributed by atoms with Crippen molar-refractivity contribution in [1.29, 1.82) is 0 Å². The molecule has 0 saturated heterocycles. The van der Waals surface area contributed by atoms with Crippen molar-refractivity contribution in [3.05, 3.63) is 44.9 Å². The summed E-state index contributed by atoms with van der Waals surface area (Å²) in [5, 5.41) is 3.18. The van der Waals surface area contributed by atoms with Crippen molar-refractivity contribution < 1.29 is 4.74 Å². The Bertz CT molecular complexity index is 639. The van der Waals surface area contributed by atoms with Crippen molar-refractivity contribution in [2.45, 2.75) is 25.2 Å². The van der Waals surface area contributed by atoms with Gasteiger partial charge in [0.05, 0.1) is 16.4 Å². The van der Waals surface area contributed by atoms with Gasteiger partial charge in [-0.3, -0.25) is 0 Å². The first-order valence-electron chi connectivity index (χ1n) is 7.08. The summed E-state index contributed by atoms with van der Waals surface area (Å²) in [7, 11) is 3.59. The highest BCUT2D eigenvalue weighted by atomic mass is 127.